The summed E-state index contributed by atoms with van der Waals surface area (Å²) in [6, 6.07) is 3.01. The number of halogens is 3. The summed E-state index contributed by atoms with van der Waals surface area (Å²) >= 11 is 0. The van der Waals surface area contributed by atoms with Crippen LogP contribution in [0.1, 0.15) is 32.3 Å². The fraction of sp³-hybridized carbons (Fsp3) is 0.619. The number of hydrogen-bond donors (Lipinski definition) is 2. The lowest BCUT2D eigenvalue weighted by atomic mass is 10.1. The predicted octanol–water partition coefficient (Wildman–Crippen LogP) is 2.45. The largest absolute Gasteiger partial charge is 0.418 e. The Kier molecular flexibility index (Phi) is 7.23. The van der Waals surface area contributed by atoms with Crippen molar-refractivity contribution < 1.29 is 27.5 Å². The van der Waals surface area contributed by atoms with Crippen molar-refractivity contribution in [2.75, 3.05) is 43.1 Å². The van der Waals surface area contributed by atoms with Crippen LogP contribution >= 0.6 is 0 Å². The Balaban J connectivity index is 1.85. The summed E-state index contributed by atoms with van der Waals surface area (Å²) in [6.07, 6.45) is -2.81. The van der Waals surface area contributed by atoms with Gasteiger partial charge in [-0.1, -0.05) is 13.8 Å². The quantitative estimate of drug-likeness (QED) is 0.646. The first-order chi connectivity index (χ1) is 14.6. The van der Waals surface area contributed by atoms with Gasteiger partial charge in [0.05, 0.1) is 17.9 Å². The molecule has 0 spiro atoms. The molecule has 1 aliphatic carbocycles. The van der Waals surface area contributed by atoms with Crippen molar-refractivity contribution in [1.82, 2.24) is 4.90 Å². The fourth-order valence-electron chi connectivity index (χ4n) is 3.80. The normalized spacial score (nSPS) is 18.6. The SMILES string of the molecule is CC(C)CN(C1CC1)[C@H](CN)C(=O)Nc1ccc(N2CCOCC2=O)cc1C(F)(F)F. The van der Waals surface area contributed by atoms with Gasteiger partial charge in [-0.3, -0.25) is 14.5 Å². The summed E-state index contributed by atoms with van der Waals surface area (Å²) in [5.41, 5.74) is 4.62. The van der Waals surface area contributed by atoms with E-state index in [4.69, 9.17) is 10.5 Å². The maximum absolute atomic E-state index is 13.8. The molecule has 1 saturated carbocycles. The first-order valence-corrected chi connectivity index (χ1v) is 10.5. The number of carbonyl (C=O) groups excluding carboxylic acids is 2. The molecule has 172 valence electrons. The molecular weight excluding hydrogens is 413 g/mol. The van der Waals surface area contributed by atoms with Crippen LogP contribution in [-0.2, 0) is 20.5 Å². The molecule has 0 bridgehead atoms. The Bertz CT molecular complexity index is 812. The van der Waals surface area contributed by atoms with Crippen LogP contribution < -0.4 is 16.0 Å². The number of nitrogens with one attached hydrogen (secondary N) is 1. The molecule has 1 heterocycles. The number of ether oxygens (including phenoxy) is 1. The highest BCUT2D eigenvalue weighted by molar-refractivity contribution is 5.98. The van der Waals surface area contributed by atoms with Crippen LogP contribution in [0.3, 0.4) is 0 Å². The molecule has 1 aromatic rings. The van der Waals surface area contributed by atoms with Crippen LogP contribution in [0.5, 0.6) is 0 Å². The van der Waals surface area contributed by atoms with Gasteiger partial charge in [-0.15, -0.1) is 0 Å². The second-order valence-corrected chi connectivity index (χ2v) is 8.39. The number of morpholine rings is 1. The molecule has 1 aliphatic heterocycles. The molecular formula is C21H29F3N4O3. The molecule has 3 rings (SSSR count). The van der Waals surface area contributed by atoms with Crippen molar-refractivity contribution in [3.8, 4) is 0 Å². The lowest BCUT2D eigenvalue weighted by molar-refractivity contribution is -0.137. The van der Waals surface area contributed by atoms with E-state index in [2.05, 4.69) is 5.32 Å². The van der Waals surface area contributed by atoms with Crippen molar-refractivity contribution >= 4 is 23.2 Å². The molecule has 0 aromatic heterocycles. The number of carbonyl (C=O) groups is 2. The number of alkyl halides is 3. The van der Waals surface area contributed by atoms with Crippen molar-refractivity contribution in [2.24, 2.45) is 11.7 Å². The minimum atomic E-state index is -4.71. The van der Waals surface area contributed by atoms with Gasteiger partial charge in [0.15, 0.2) is 0 Å². The summed E-state index contributed by atoms with van der Waals surface area (Å²) in [5, 5.41) is 2.44. The van der Waals surface area contributed by atoms with E-state index in [0.29, 0.717) is 12.5 Å². The van der Waals surface area contributed by atoms with Crippen LogP contribution in [0.2, 0.25) is 0 Å². The third-order valence-electron chi connectivity index (χ3n) is 5.38. The Morgan fingerprint density at radius 1 is 1.35 bits per heavy atom. The molecule has 2 aliphatic rings. The zero-order valence-corrected chi connectivity index (χ0v) is 17.7. The maximum atomic E-state index is 13.8. The average Bonchev–Trinajstić information content (AvgIpc) is 3.52. The van der Waals surface area contributed by atoms with Crippen molar-refractivity contribution in [2.45, 2.75) is 44.9 Å². The van der Waals surface area contributed by atoms with Crippen molar-refractivity contribution in [3.05, 3.63) is 23.8 Å². The van der Waals surface area contributed by atoms with Gasteiger partial charge in [0.1, 0.15) is 12.6 Å². The standard InChI is InChI=1S/C21H29F3N4O3/c1-13(2)11-28(14-3-4-14)18(10-25)20(30)26-17-6-5-15(9-16(17)21(22,23)24)27-7-8-31-12-19(27)29/h5-6,9,13-14,18H,3-4,7-8,10-12,25H2,1-2H3,(H,26,30)/t18-/m1/s1. The number of amides is 2. The van der Waals surface area contributed by atoms with Gasteiger partial charge in [0.2, 0.25) is 5.91 Å². The highest BCUT2D eigenvalue weighted by Crippen LogP contribution is 2.38. The smallest absolute Gasteiger partial charge is 0.370 e. The summed E-state index contributed by atoms with van der Waals surface area (Å²) in [4.78, 5) is 28.2. The Morgan fingerprint density at radius 2 is 2.06 bits per heavy atom. The molecule has 1 saturated heterocycles. The van der Waals surface area contributed by atoms with Crippen LogP contribution in [0.15, 0.2) is 18.2 Å². The van der Waals surface area contributed by atoms with Crippen LogP contribution in [0.25, 0.3) is 0 Å². The number of hydrogen-bond acceptors (Lipinski definition) is 5. The fourth-order valence-corrected chi connectivity index (χ4v) is 3.80. The van der Waals surface area contributed by atoms with E-state index in [1.165, 1.54) is 17.0 Å². The van der Waals surface area contributed by atoms with E-state index in [1.54, 1.807) is 0 Å². The number of anilines is 2. The topological polar surface area (TPSA) is 87.9 Å². The summed E-state index contributed by atoms with van der Waals surface area (Å²) < 4.78 is 46.4. The lowest BCUT2D eigenvalue weighted by Gasteiger charge is -2.32. The number of rotatable bonds is 8. The van der Waals surface area contributed by atoms with E-state index in [1.807, 2.05) is 18.7 Å². The molecule has 2 amide bonds. The Hall–Kier alpha value is -2.17. The summed E-state index contributed by atoms with van der Waals surface area (Å²) in [7, 11) is 0. The highest BCUT2D eigenvalue weighted by Gasteiger charge is 2.39. The molecule has 1 atom stereocenters. The van der Waals surface area contributed by atoms with E-state index >= 15 is 0 Å². The highest BCUT2D eigenvalue weighted by atomic mass is 19.4. The molecule has 10 heteroatoms. The van der Waals surface area contributed by atoms with Crippen molar-refractivity contribution in [3.63, 3.8) is 0 Å². The molecule has 31 heavy (non-hydrogen) atoms. The first-order valence-electron chi connectivity index (χ1n) is 10.5. The van der Waals surface area contributed by atoms with Gasteiger partial charge in [-0.05, 0) is 37.0 Å². The van der Waals surface area contributed by atoms with Crippen molar-refractivity contribution in [1.29, 1.82) is 0 Å². The molecule has 0 unspecified atom stereocenters. The second-order valence-electron chi connectivity index (χ2n) is 8.39. The zero-order chi connectivity index (χ0) is 22.8. The Labute approximate surface area is 179 Å². The van der Waals surface area contributed by atoms with Gasteiger partial charge in [-0.2, -0.15) is 13.2 Å². The van der Waals surface area contributed by atoms with Gasteiger partial charge in [-0.25, -0.2) is 0 Å². The zero-order valence-electron chi connectivity index (χ0n) is 17.7. The second kappa shape index (κ2) is 9.54. The Morgan fingerprint density at radius 3 is 2.61 bits per heavy atom. The van der Waals surface area contributed by atoms with E-state index < -0.39 is 29.6 Å². The minimum Gasteiger partial charge on any atom is -0.370 e. The van der Waals surface area contributed by atoms with E-state index in [0.717, 1.165) is 18.9 Å². The third-order valence-corrected chi connectivity index (χ3v) is 5.38. The average molecular weight is 442 g/mol. The summed E-state index contributed by atoms with van der Waals surface area (Å²) in [6.45, 7) is 4.94. The van der Waals surface area contributed by atoms with Gasteiger partial charge in [0.25, 0.3) is 5.91 Å². The molecule has 1 aromatic carbocycles. The predicted molar refractivity (Wildman–Crippen MR) is 111 cm³/mol. The monoisotopic (exact) mass is 442 g/mol. The first kappa shape index (κ1) is 23.5. The van der Waals surface area contributed by atoms with Crippen LogP contribution in [-0.4, -0.2) is 61.6 Å². The van der Waals surface area contributed by atoms with Gasteiger partial charge < -0.3 is 20.7 Å². The van der Waals surface area contributed by atoms with E-state index in [9.17, 15) is 22.8 Å². The molecule has 0 radical (unpaired) electrons. The number of nitrogens with two attached hydrogens (primary N) is 1. The number of nitrogens with zero attached hydrogens (tertiary/aromatic N) is 2. The summed E-state index contributed by atoms with van der Waals surface area (Å²) in [5.74, 6) is -0.678. The minimum absolute atomic E-state index is 0.0107. The third kappa shape index (κ3) is 5.75. The molecule has 3 N–H and O–H groups in total. The van der Waals surface area contributed by atoms with E-state index in [-0.39, 0.29) is 43.7 Å². The van der Waals surface area contributed by atoms with Gasteiger partial charge >= 0.3 is 6.18 Å². The lowest BCUT2D eigenvalue weighted by Crippen LogP contribution is -2.51. The van der Waals surface area contributed by atoms with Crippen LogP contribution in [0.4, 0.5) is 24.5 Å². The maximum Gasteiger partial charge on any atom is 0.418 e. The molecule has 7 nitrogen and oxygen atoms in total. The van der Waals surface area contributed by atoms with Gasteiger partial charge in [0, 0.05) is 31.4 Å². The number of benzene rings is 1. The molecule has 2 fully saturated rings. The van der Waals surface area contributed by atoms with Crippen LogP contribution in [0, 0.1) is 5.92 Å².